The Morgan fingerprint density at radius 3 is 2.57 bits per heavy atom. The smallest absolute Gasteiger partial charge is 0.243 e. The number of ether oxygens (including phenoxy) is 1. The topological polar surface area (TPSA) is 93.5 Å². The average Bonchev–Trinajstić information content (AvgIpc) is 3.57. The van der Waals surface area contributed by atoms with Crippen LogP contribution in [-0.4, -0.2) is 60.5 Å². The van der Waals surface area contributed by atoms with Gasteiger partial charge in [-0.25, -0.2) is 13.4 Å². The van der Waals surface area contributed by atoms with E-state index in [1.54, 1.807) is 12.1 Å². The standard InChI is InChI=1S/C26H38N4O4S/c1-26(2,3)25-28-22-15-21(8-9-23(22)30(25)16-18-10-13-34-14-11-18)35(32,33)29-12-4-5-19(17-29)24(31)27-20-6-7-20/h8-9,15,18-20H,4-7,10-14,16-17H2,1-3H3,(H,27,31)/t19-/m1/s1. The monoisotopic (exact) mass is 502 g/mol. The number of amides is 1. The van der Waals surface area contributed by atoms with Gasteiger partial charge < -0.3 is 14.6 Å². The fourth-order valence-corrected chi connectivity index (χ4v) is 6.83. The van der Waals surface area contributed by atoms with Crippen LogP contribution in [0, 0.1) is 11.8 Å². The molecule has 0 spiro atoms. The Hall–Kier alpha value is -1.97. The molecule has 192 valence electrons. The molecule has 1 N–H and O–H groups in total. The number of imidazole rings is 1. The molecule has 9 heteroatoms. The maximum absolute atomic E-state index is 13.6. The average molecular weight is 503 g/mol. The molecule has 0 unspecified atom stereocenters. The van der Waals surface area contributed by atoms with Gasteiger partial charge in [-0.2, -0.15) is 4.31 Å². The summed E-state index contributed by atoms with van der Waals surface area (Å²) in [6.07, 6.45) is 5.53. The van der Waals surface area contributed by atoms with Crippen LogP contribution in [0.2, 0.25) is 0 Å². The van der Waals surface area contributed by atoms with Crippen molar-refractivity contribution < 1.29 is 17.9 Å². The number of sulfonamides is 1. The van der Waals surface area contributed by atoms with Crippen LogP contribution in [0.4, 0.5) is 0 Å². The molecular weight excluding hydrogens is 464 g/mol. The molecule has 2 aliphatic heterocycles. The van der Waals surface area contributed by atoms with E-state index in [0.29, 0.717) is 24.4 Å². The molecule has 3 aliphatic rings. The van der Waals surface area contributed by atoms with Crippen molar-refractivity contribution in [2.75, 3.05) is 26.3 Å². The molecule has 0 bridgehead atoms. The van der Waals surface area contributed by atoms with Gasteiger partial charge in [-0.05, 0) is 62.6 Å². The second-order valence-corrected chi connectivity index (χ2v) is 13.4. The van der Waals surface area contributed by atoms with Crippen molar-refractivity contribution >= 4 is 27.0 Å². The summed E-state index contributed by atoms with van der Waals surface area (Å²) in [6.45, 7) is 9.57. The summed E-state index contributed by atoms with van der Waals surface area (Å²) in [5.74, 6) is 1.21. The number of fused-ring (bicyclic) bond motifs is 1. The molecule has 8 nitrogen and oxygen atoms in total. The molecule has 35 heavy (non-hydrogen) atoms. The molecule has 1 amide bonds. The van der Waals surface area contributed by atoms with Gasteiger partial charge in [0.1, 0.15) is 5.82 Å². The summed E-state index contributed by atoms with van der Waals surface area (Å²) in [7, 11) is -3.71. The van der Waals surface area contributed by atoms with Gasteiger partial charge in [0, 0.05) is 44.3 Å². The fourth-order valence-electron chi connectivity index (χ4n) is 5.29. The molecule has 1 aromatic heterocycles. The van der Waals surface area contributed by atoms with Crippen molar-refractivity contribution in [3.05, 3.63) is 24.0 Å². The first-order valence-corrected chi connectivity index (χ1v) is 14.5. The Morgan fingerprint density at radius 2 is 1.89 bits per heavy atom. The molecule has 0 radical (unpaired) electrons. The number of benzene rings is 1. The van der Waals surface area contributed by atoms with Crippen molar-refractivity contribution in [2.45, 2.75) is 82.2 Å². The van der Waals surface area contributed by atoms with Crippen LogP contribution in [0.5, 0.6) is 0 Å². The van der Waals surface area contributed by atoms with Gasteiger partial charge in [-0.3, -0.25) is 4.79 Å². The van der Waals surface area contributed by atoms with Crippen molar-refractivity contribution in [1.29, 1.82) is 0 Å². The summed E-state index contributed by atoms with van der Waals surface area (Å²) in [5, 5.41) is 3.03. The van der Waals surface area contributed by atoms with E-state index in [2.05, 4.69) is 30.7 Å². The lowest BCUT2D eigenvalue weighted by atomic mass is 9.94. The van der Waals surface area contributed by atoms with E-state index < -0.39 is 10.0 Å². The van der Waals surface area contributed by atoms with E-state index in [9.17, 15) is 13.2 Å². The highest BCUT2D eigenvalue weighted by atomic mass is 32.2. The van der Waals surface area contributed by atoms with E-state index in [-0.39, 0.29) is 34.7 Å². The van der Waals surface area contributed by atoms with Gasteiger partial charge >= 0.3 is 0 Å². The SMILES string of the molecule is CC(C)(C)c1nc2cc(S(=O)(=O)N3CCC[C@@H](C(=O)NC4CC4)C3)ccc2n1CC1CCOCC1. The first-order chi connectivity index (χ1) is 16.6. The molecule has 3 heterocycles. The van der Waals surface area contributed by atoms with E-state index in [0.717, 1.165) is 63.2 Å². The summed E-state index contributed by atoms with van der Waals surface area (Å²) < 4.78 is 36.5. The third-order valence-electron chi connectivity index (χ3n) is 7.49. The number of carbonyl (C=O) groups is 1. The van der Waals surface area contributed by atoms with E-state index in [1.165, 1.54) is 4.31 Å². The van der Waals surface area contributed by atoms with Gasteiger partial charge in [0.2, 0.25) is 15.9 Å². The molecule has 1 saturated carbocycles. The zero-order valence-corrected chi connectivity index (χ0v) is 21.9. The lowest BCUT2D eigenvalue weighted by Gasteiger charge is -2.31. The third-order valence-corrected chi connectivity index (χ3v) is 9.35. The second kappa shape index (κ2) is 9.48. The van der Waals surface area contributed by atoms with Crippen molar-refractivity contribution in [3.8, 4) is 0 Å². The Morgan fingerprint density at radius 1 is 1.14 bits per heavy atom. The summed E-state index contributed by atoms with van der Waals surface area (Å²) >= 11 is 0. The van der Waals surface area contributed by atoms with Gasteiger partial charge in [0.05, 0.1) is 21.8 Å². The number of hydrogen-bond donors (Lipinski definition) is 1. The highest BCUT2D eigenvalue weighted by Gasteiger charge is 2.35. The Labute approximate surface area is 208 Å². The van der Waals surface area contributed by atoms with Gasteiger partial charge in [-0.15, -0.1) is 0 Å². The number of carbonyl (C=O) groups excluding carboxylic acids is 1. The minimum absolute atomic E-state index is 0.00970. The molecule has 1 atom stereocenters. The normalized spacial score (nSPS) is 23.0. The first-order valence-electron chi connectivity index (χ1n) is 13.0. The highest BCUT2D eigenvalue weighted by molar-refractivity contribution is 7.89. The Balaban J connectivity index is 1.42. The second-order valence-electron chi connectivity index (χ2n) is 11.5. The quantitative estimate of drug-likeness (QED) is 0.653. The number of hydrogen-bond acceptors (Lipinski definition) is 5. The summed E-state index contributed by atoms with van der Waals surface area (Å²) in [5.41, 5.74) is 1.52. The van der Waals surface area contributed by atoms with Crippen LogP contribution in [0.15, 0.2) is 23.1 Å². The molecule has 5 rings (SSSR count). The van der Waals surface area contributed by atoms with Gasteiger partial charge in [0.25, 0.3) is 0 Å². The molecular formula is C26H38N4O4S. The predicted molar refractivity (Wildman–Crippen MR) is 135 cm³/mol. The molecule has 1 aromatic carbocycles. The Bertz CT molecular complexity index is 1190. The number of rotatable bonds is 6. The minimum Gasteiger partial charge on any atom is -0.381 e. The van der Waals surface area contributed by atoms with Gasteiger partial charge in [-0.1, -0.05) is 20.8 Å². The third kappa shape index (κ3) is 5.27. The summed E-state index contributed by atoms with van der Waals surface area (Å²) in [6, 6.07) is 5.62. The molecule has 2 aromatic rings. The van der Waals surface area contributed by atoms with E-state index >= 15 is 0 Å². The zero-order valence-electron chi connectivity index (χ0n) is 21.1. The zero-order chi connectivity index (χ0) is 24.8. The van der Waals surface area contributed by atoms with Gasteiger partial charge in [0.15, 0.2) is 0 Å². The lowest BCUT2D eigenvalue weighted by molar-refractivity contribution is -0.126. The van der Waals surface area contributed by atoms with Crippen LogP contribution in [-0.2, 0) is 31.5 Å². The van der Waals surface area contributed by atoms with Crippen LogP contribution in [0.25, 0.3) is 11.0 Å². The maximum Gasteiger partial charge on any atom is 0.243 e. The number of nitrogens with zero attached hydrogens (tertiary/aromatic N) is 3. The van der Waals surface area contributed by atoms with Crippen LogP contribution < -0.4 is 5.32 Å². The fraction of sp³-hybridized carbons (Fsp3) is 0.692. The molecule has 2 saturated heterocycles. The van der Waals surface area contributed by atoms with Crippen molar-refractivity contribution in [1.82, 2.24) is 19.2 Å². The van der Waals surface area contributed by atoms with E-state index in [1.807, 2.05) is 6.07 Å². The number of aromatic nitrogens is 2. The maximum atomic E-state index is 13.6. The van der Waals surface area contributed by atoms with Crippen LogP contribution in [0.1, 0.15) is 65.1 Å². The molecule has 1 aliphatic carbocycles. The van der Waals surface area contributed by atoms with Crippen molar-refractivity contribution in [2.24, 2.45) is 11.8 Å². The lowest BCUT2D eigenvalue weighted by Crippen LogP contribution is -2.45. The van der Waals surface area contributed by atoms with Crippen LogP contribution in [0.3, 0.4) is 0 Å². The number of nitrogens with one attached hydrogen (secondary N) is 1. The van der Waals surface area contributed by atoms with Crippen molar-refractivity contribution in [3.63, 3.8) is 0 Å². The minimum atomic E-state index is -3.71. The first kappa shape index (κ1) is 24.7. The van der Waals surface area contributed by atoms with E-state index in [4.69, 9.17) is 9.72 Å². The number of piperidine rings is 1. The predicted octanol–water partition coefficient (Wildman–Crippen LogP) is 3.44. The largest absolute Gasteiger partial charge is 0.381 e. The van der Waals surface area contributed by atoms with Crippen LogP contribution >= 0.6 is 0 Å². The molecule has 3 fully saturated rings. The highest BCUT2D eigenvalue weighted by Crippen LogP contribution is 2.32. The summed E-state index contributed by atoms with van der Waals surface area (Å²) in [4.78, 5) is 17.8. The Kier molecular flexibility index (Phi) is 6.70.